The molecule has 0 aliphatic rings. The molecule has 0 bridgehead atoms. The zero-order valence-electron chi connectivity index (χ0n) is 16.7. The van der Waals surface area contributed by atoms with E-state index in [-0.39, 0.29) is 11.9 Å². The highest BCUT2D eigenvalue weighted by atomic mass is 16.3. The van der Waals surface area contributed by atoms with Gasteiger partial charge in [0.25, 0.3) is 5.91 Å². The fourth-order valence-corrected chi connectivity index (χ4v) is 3.37. The number of rotatable bonds is 6. The maximum absolute atomic E-state index is 13.6. The Labute approximate surface area is 169 Å². The zero-order valence-corrected chi connectivity index (χ0v) is 16.7. The molecule has 4 aromatic heterocycles. The second-order valence-corrected chi connectivity index (χ2v) is 7.33. The summed E-state index contributed by atoms with van der Waals surface area (Å²) in [5.74, 6) is 0.631. The van der Waals surface area contributed by atoms with Crippen LogP contribution in [0.5, 0.6) is 0 Å². The average Bonchev–Trinajstić information content (AvgIpc) is 3.36. The molecule has 1 amide bonds. The Morgan fingerprint density at radius 2 is 2.07 bits per heavy atom. The van der Waals surface area contributed by atoms with Crippen LogP contribution in [0.1, 0.15) is 47.3 Å². The van der Waals surface area contributed by atoms with Crippen LogP contribution >= 0.6 is 0 Å². The lowest BCUT2D eigenvalue weighted by molar-refractivity contribution is 0.0719. The van der Waals surface area contributed by atoms with E-state index in [0.29, 0.717) is 18.7 Å². The van der Waals surface area contributed by atoms with Crippen LogP contribution in [-0.2, 0) is 13.1 Å². The fourth-order valence-electron chi connectivity index (χ4n) is 3.37. The van der Waals surface area contributed by atoms with Gasteiger partial charge in [0, 0.05) is 30.7 Å². The van der Waals surface area contributed by atoms with Gasteiger partial charge in [-0.2, -0.15) is 5.10 Å². The number of aryl methyl sites for hydroxylation is 1. The second-order valence-electron chi connectivity index (χ2n) is 7.33. The molecule has 0 aromatic carbocycles. The minimum atomic E-state index is -0.0935. The Morgan fingerprint density at radius 1 is 1.21 bits per heavy atom. The number of pyridine rings is 2. The maximum Gasteiger partial charge on any atom is 0.255 e. The molecule has 148 valence electrons. The summed E-state index contributed by atoms with van der Waals surface area (Å²) >= 11 is 0. The lowest BCUT2D eigenvalue weighted by Crippen LogP contribution is -2.30. The largest absolute Gasteiger partial charge is 0.467 e. The van der Waals surface area contributed by atoms with Crippen molar-refractivity contribution in [1.29, 1.82) is 0 Å². The van der Waals surface area contributed by atoms with E-state index in [2.05, 4.69) is 15.1 Å². The van der Waals surface area contributed by atoms with E-state index in [0.717, 1.165) is 28.1 Å². The van der Waals surface area contributed by atoms with Crippen molar-refractivity contribution < 1.29 is 9.21 Å². The molecular weight excluding hydrogens is 366 g/mol. The first kappa shape index (κ1) is 18.9. The third-order valence-electron chi connectivity index (χ3n) is 4.72. The first-order chi connectivity index (χ1) is 14.0. The fraction of sp³-hybridized carbons (Fsp3) is 0.273. The van der Waals surface area contributed by atoms with Crippen molar-refractivity contribution in [3.05, 3.63) is 77.8 Å². The third-order valence-corrected chi connectivity index (χ3v) is 4.72. The molecule has 4 aromatic rings. The van der Waals surface area contributed by atoms with Crippen LogP contribution in [0.25, 0.3) is 11.0 Å². The summed E-state index contributed by atoms with van der Waals surface area (Å²) in [4.78, 5) is 24.2. The number of aromatic nitrogens is 4. The van der Waals surface area contributed by atoms with Gasteiger partial charge < -0.3 is 9.32 Å². The molecule has 4 rings (SSSR count). The van der Waals surface area contributed by atoms with Crippen LogP contribution in [-0.4, -0.2) is 30.6 Å². The zero-order chi connectivity index (χ0) is 20.4. The van der Waals surface area contributed by atoms with Crippen molar-refractivity contribution in [3.8, 4) is 0 Å². The van der Waals surface area contributed by atoms with Crippen molar-refractivity contribution in [1.82, 2.24) is 24.6 Å². The summed E-state index contributed by atoms with van der Waals surface area (Å²) in [5.41, 5.74) is 3.05. The van der Waals surface area contributed by atoms with Gasteiger partial charge in [-0.1, -0.05) is 6.07 Å². The van der Waals surface area contributed by atoms with Crippen LogP contribution in [0.4, 0.5) is 0 Å². The van der Waals surface area contributed by atoms with E-state index in [1.807, 2.05) is 55.8 Å². The highest BCUT2D eigenvalue weighted by molar-refractivity contribution is 6.05. The molecule has 29 heavy (non-hydrogen) atoms. The molecule has 7 heteroatoms. The van der Waals surface area contributed by atoms with Crippen LogP contribution in [0.2, 0.25) is 0 Å². The van der Waals surface area contributed by atoms with E-state index in [9.17, 15) is 4.79 Å². The van der Waals surface area contributed by atoms with Crippen LogP contribution < -0.4 is 0 Å². The maximum atomic E-state index is 13.6. The molecule has 7 nitrogen and oxygen atoms in total. The minimum absolute atomic E-state index is 0.0935. The summed E-state index contributed by atoms with van der Waals surface area (Å²) in [7, 11) is 0. The summed E-state index contributed by atoms with van der Waals surface area (Å²) in [5, 5.41) is 5.21. The van der Waals surface area contributed by atoms with Crippen molar-refractivity contribution in [3.63, 3.8) is 0 Å². The molecule has 0 radical (unpaired) electrons. The van der Waals surface area contributed by atoms with Crippen molar-refractivity contribution in [2.45, 2.75) is 39.9 Å². The smallest absolute Gasteiger partial charge is 0.255 e. The topological polar surface area (TPSA) is 77.0 Å². The lowest BCUT2D eigenvalue weighted by Gasteiger charge is -2.22. The quantitative estimate of drug-likeness (QED) is 0.495. The number of amides is 1. The lowest BCUT2D eigenvalue weighted by atomic mass is 10.1. The van der Waals surface area contributed by atoms with E-state index in [1.165, 1.54) is 0 Å². The van der Waals surface area contributed by atoms with Gasteiger partial charge in [0.15, 0.2) is 5.65 Å². The number of hydrogen-bond donors (Lipinski definition) is 0. The van der Waals surface area contributed by atoms with E-state index < -0.39 is 0 Å². The predicted molar refractivity (Wildman–Crippen MR) is 109 cm³/mol. The number of fused-ring (bicyclic) bond motifs is 1. The molecule has 0 saturated carbocycles. The first-order valence-electron chi connectivity index (χ1n) is 9.58. The second kappa shape index (κ2) is 7.87. The van der Waals surface area contributed by atoms with Crippen LogP contribution in [0.15, 0.2) is 59.6 Å². The Balaban J connectivity index is 1.75. The molecule has 0 N–H and O–H groups in total. The molecule has 0 aliphatic heterocycles. The number of nitrogens with zero attached hydrogens (tertiary/aromatic N) is 5. The standard InChI is InChI=1S/C22H23N5O2/c1-15(2)27-21-20(12-24-27)19(10-16(3)25-21)22(28)26(14-18-7-5-9-29-18)13-17-6-4-8-23-11-17/h4-12,15H,13-14H2,1-3H3. The van der Waals surface area contributed by atoms with Crippen molar-refractivity contribution in [2.75, 3.05) is 0 Å². The normalized spacial score (nSPS) is 11.3. The van der Waals surface area contributed by atoms with Gasteiger partial charge in [0.1, 0.15) is 5.76 Å². The highest BCUT2D eigenvalue weighted by Gasteiger charge is 2.23. The highest BCUT2D eigenvalue weighted by Crippen LogP contribution is 2.24. The van der Waals surface area contributed by atoms with Gasteiger partial charge in [-0.25, -0.2) is 9.67 Å². The molecular formula is C22H23N5O2. The first-order valence-corrected chi connectivity index (χ1v) is 9.58. The third kappa shape index (κ3) is 3.89. The molecule has 0 unspecified atom stereocenters. The molecule has 4 heterocycles. The molecule has 0 spiro atoms. The molecule has 0 fully saturated rings. The summed E-state index contributed by atoms with van der Waals surface area (Å²) in [6.07, 6.45) is 6.83. The van der Waals surface area contributed by atoms with Gasteiger partial charge in [-0.3, -0.25) is 9.78 Å². The van der Waals surface area contributed by atoms with Crippen molar-refractivity contribution in [2.24, 2.45) is 0 Å². The molecule has 0 aliphatic carbocycles. The summed E-state index contributed by atoms with van der Waals surface area (Å²) in [6.45, 7) is 6.77. The Hall–Kier alpha value is -3.48. The number of furan rings is 1. The van der Waals surface area contributed by atoms with Crippen LogP contribution in [0.3, 0.4) is 0 Å². The van der Waals surface area contributed by atoms with Crippen LogP contribution in [0, 0.1) is 6.92 Å². The van der Waals surface area contributed by atoms with E-state index >= 15 is 0 Å². The van der Waals surface area contributed by atoms with Gasteiger partial charge >= 0.3 is 0 Å². The predicted octanol–water partition coefficient (Wildman–Crippen LogP) is 4.15. The SMILES string of the molecule is Cc1cc(C(=O)N(Cc2cccnc2)Cc2ccco2)c2cnn(C(C)C)c2n1. The Kier molecular flexibility index (Phi) is 5.12. The van der Waals surface area contributed by atoms with Gasteiger partial charge in [-0.05, 0) is 50.6 Å². The Bertz CT molecular complexity index is 1120. The number of carbonyl (C=O) groups excluding carboxylic acids is 1. The van der Waals surface area contributed by atoms with Crippen molar-refractivity contribution >= 4 is 16.9 Å². The van der Waals surface area contributed by atoms with E-state index in [4.69, 9.17) is 4.42 Å². The van der Waals surface area contributed by atoms with Gasteiger partial charge in [0.2, 0.25) is 0 Å². The Morgan fingerprint density at radius 3 is 2.76 bits per heavy atom. The summed E-state index contributed by atoms with van der Waals surface area (Å²) in [6, 6.07) is 9.50. The summed E-state index contributed by atoms with van der Waals surface area (Å²) < 4.78 is 7.34. The monoisotopic (exact) mass is 389 g/mol. The van der Waals surface area contributed by atoms with Gasteiger partial charge in [0.05, 0.1) is 30.0 Å². The number of hydrogen-bond acceptors (Lipinski definition) is 5. The minimum Gasteiger partial charge on any atom is -0.467 e. The van der Waals surface area contributed by atoms with E-state index in [1.54, 1.807) is 29.8 Å². The molecule has 0 saturated heterocycles. The molecule has 0 atom stereocenters. The van der Waals surface area contributed by atoms with Gasteiger partial charge in [-0.15, -0.1) is 0 Å². The number of carbonyl (C=O) groups is 1. The average molecular weight is 389 g/mol.